The van der Waals surface area contributed by atoms with Gasteiger partial charge in [-0.1, -0.05) is 155 Å². The van der Waals surface area contributed by atoms with Gasteiger partial charge in [0, 0.05) is 33.2 Å². The lowest BCUT2D eigenvalue weighted by molar-refractivity contribution is 0.332. The maximum atomic E-state index is 2.47. The van der Waals surface area contributed by atoms with E-state index >= 15 is 0 Å². The van der Waals surface area contributed by atoms with E-state index in [1.165, 1.54) is 84.5 Å². The first-order valence-electron chi connectivity index (χ1n) is 20.0. The quantitative estimate of drug-likeness (QED) is 0.166. The van der Waals surface area contributed by atoms with Crippen LogP contribution in [0.4, 0.5) is 17.1 Å². The maximum Gasteiger partial charge on any atom is 0.0542 e. The minimum atomic E-state index is 0.159. The normalized spacial score (nSPS) is 14.6. The summed E-state index contributed by atoms with van der Waals surface area (Å²) in [5.74, 6) is 0. The van der Waals surface area contributed by atoms with Crippen molar-refractivity contribution in [1.82, 2.24) is 4.57 Å². The van der Waals surface area contributed by atoms with Crippen molar-refractivity contribution in [3.05, 3.63) is 193 Å². The summed E-state index contributed by atoms with van der Waals surface area (Å²) in [4.78, 5) is 2.43. The van der Waals surface area contributed by atoms with Crippen molar-refractivity contribution in [2.24, 2.45) is 0 Å². The Morgan fingerprint density at radius 1 is 0.411 bits per heavy atom. The van der Waals surface area contributed by atoms with Gasteiger partial charge in [0.2, 0.25) is 0 Å². The van der Waals surface area contributed by atoms with Gasteiger partial charge >= 0.3 is 0 Å². The molecule has 1 aromatic heterocycles. The van der Waals surface area contributed by atoms with E-state index in [4.69, 9.17) is 0 Å². The summed E-state index contributed by atoms with van der Waals surface area (Å²) < 4.78 is 2.45. The Labute approximate surface area is 330 Å². The zero-order chi connectivity index (χ0) is 38.0. The van der Waals surface area contributed by atoms with E-state index in [0.717, 1.165) is 17.1 Å². The zero-order valence-electron chi connectivity index (χ0n) is 32.6. The molecule has 1 aliphatic carbocycles. The van der Waals surface area contributed by atoms with Crippen LogP contribution in [0.5, 0.6) is 0 Å². The standard InChI is InChI=1S/C54H46N2/c1-53(2)31-32-54(3,4)49-35-41(27-29-48(49)53)40-20-13-22-43(34-40)56-51-25-11-10-24-46(51)47-36-44(28-30-52(47)56)55(50-26-14-18-38-17-8-9-23-45(38)50)42-21-12-19-39(33-42)37-15-6-5-7-16-37/h5-30,33-36H,31-32H2,1-4H3. The SMILES string of the molecule is CC1(C)CCC(C)(C)c2cc(-c3cccc(-n4c5ccccc5c5cc(N(c6cccc(-c7ccccc7)c6)c6cccc7ccccc67)ccc54)c3)ccc21. The monoisotopic (exact) mass is 722 g/mol. The van der Waals surface area contributed by atoms with Gasteiger partial charge in [-0.15, -0.1) is 0 Å². The Kier molecular flexibility index (Phi) is 8.01. The average Bonchev–Trinajstić information content (AvgIpc) is 3.57. The minimum Gasteiger partial charge on any atom is -0.310 e. The highest BCUT2D eigenvalue weighted by molar-refractivity contribution is 6.11. The van der Waals surface area contributed by atoms with Crippen molar-refractivity contribution >= 4 is 49.6 Å². The number of anilines is 3. The van der Waals surface area contributed by atoms with Crippen LogP contribution in [0.3, 0.4) is 0 Å². The Hall–Kier alpha value is -6.38. The van der Waals surface area contributed by atoms with Crippen LogP contribution in [0, 0.1) is 0 Å². The number of para-hydroxylation sites is 1. The zero-order valence-corrected chi connectivity index (χ0v) is 32.6. The highest BCUT2D eigenvalue weighted by Crippen LogP contribution is 2.47. The summed E-state index contributed by atoms with van der Waals surface area (Å²) in [6.07, 6.45) is 2.42. The van der Waals surface area contributed by atoms with Gasteiger partial charge < -0.3 is 9.47 Å². The van der Waals surface area contributed by atoms with Crippen LogP contribution in [0.1, 0.15) is 51.7 Å². The number of aromatic nitrogens is 1. The van der Waals surface area contributed by atoms with Gasteiger partial charge in [0.1, 0.15) is 0 Å². The molecule has 2 heteroatoms. The summed E-state index contributed by atoms with van der Waals surface area (Å²) in [5, 5.41) is 4.90. The molecule has 0 spiro atoms. The first kappa shape index (κ1) is 34.1. The van der Waals surface area contributed by atoms with E-state index in [1.54, 1.807) is 0 Å². The molecule has 0 saturated carbocycles. The van der Waals surface area contributed by atoms with Crippen LogP contribution in [0.25, 0.3) is 60.5 Å². The van der Waals surface area contributed by atoms with Crippen molar-refractivity contribution in [2.75, 3.05) is 4.90 Å². The first-order valence-corrected chi connectivity index (χ1v) is 20.0. The van der Waals surface area contributed by atoms with Crippen molar-refractivity contribution in [3.63, 3.8) is 0 Å². The molecule has 0 N–H and O–H groups in total. The molecule has 0 aliphatic heterocycles. The number of hydrogen-bond donors (Lipinski definition) is 0. The Morgan fingerprint density at radius 2 is 1.02 bits per heavy atom. The van der Waals surface area contributed by atoms with Crippen LogP contribution < -0.4 is 4.90 Å². The third-order valence-corrected chi connectivity index (χ3v) is 12.4. The third-order valence-electron chi connectivity index (χ3n) is 12.4. The Morgan fingerprint density at radius 3 is 1.86 bits per heavy atom. The fourth-order valence-corrected chi connectivity index (χ4v) is 9.26. The summed E-state index contributed by atoms with van der Waals surface area (Å²) >= 11 is 0. The van der Waals surface area contributed by atoms with E-state index in [-0.39, 0.29) is 10.8 Å². The smallest absolute Gasteiger partial charge is 0.0542 e. The maximum absolute atomic E-state index is 2.47. The second-order valence-electron chi connectivity index (χ2n) is 16.9. The van der Waals surface area contributed by atoms with Crippen LogP contribution >= 0.6 is 0 Å². The predicted molar refractivity (Wildman–Crippen MR) is 239 cm³/mol. The molecular formula is C54H46N2. The number of nitrogens with zero attached hydrogens (tertiary/aromatic N) is 2. The van der Waals surface area contributed by atoms with Gasteiger partial charge in [-0.25, -0.2) is 0 Å². The van der Waals surface area contributed by atoms with Gasteiger partial charge in [0.15, 0.2) is 0 Å². The Bertz CT molecular complexity index is 2920. The first-order chi connectivity index (χ1) is 27.2. The van der Waals surface area contributed by atoms with Crippen molar-refractivity contribution in [3.8, 4) is 27.9 Å². The number of rotatable bonds is 6. The molecule has 0 fully saturated rings. The van der Waals surface area contributed by atoms with Gasteiger partial charge in [0.05, 0.1) is 16.7 Å². The molecule has 272 valence electrons. The van der Waals surface area contributed by atoms with E-state index in [1.807, 2.05) is 0 Å². The van der Waals surface area contributed by atoms with Crippen molar-refractivity contribution in [1.29, 1.82) is 0 Å². The largest absolute Gasteiger partial charge is 0.310 e. The van der Waals surface area contributed by atoms with Crippen LogP contribution in [0.15, 0.2) is 182 Å². The molecule has 2 nitrogen and oxygen atoms in total. The molecule has 0 bridgehead atoms. The predicted octanol–water partition coefficient (Wildman–Crippen LogP) is 15.1. The molecule has 0 unspecified atom stereocenters. The molecule has 0 atom stereocenters. The minimum absolute atomic E-state index is 0.159. The van der Waals surface area contributed by atoms with Gasteiger partial charge in [-0.2, -0.15) is 0 Å². The average molecular weight is 723 g/mol. The van der Waals surface area contributed by atoms with Crippen molar-refractivity contribution in [2.45, 2.75) is 51.4 Å². The van der Waals surface area contributed by atoms with Crippen LogP contribution in [-0.4, -0.2) is 4.57 Å². The van der Waals surface area contributed by atoms with Gasteiger partial charge in [-0.3, -0.25) is 0 Å². The highest BCUT2D eigenvalue weighted by atomic mass is 15.1. The molecular weight excluding hydrogens is 677 g/mol. The summed E-state index contributed by atoms with van der Waals surface area (Å²) in [6.45, 7) is 9.63. The molecule has 10 rings (SSSR count). The van der Waals surface area contributed by atoms with Crippen LogP contribution in [0.2, 0.25) is 0 Å². The highest BCUT2D eigenvalue weighted by Gasteiger charge is 2.37. The van der Waals surface area contributed by atoms with E-state index in [9.17, 15) is 0 Å². The molecule has 9 aromatic rings. The van der Waals surface area contributed by atoms with E-state index in [2.05, 4.69) is 219 Å². The second kappa shape index (κ2) is 13.1. The second-order valence-corrected chi connectivity index (χ2v) is 16.9. The molecule has 1 heterocycles. The van der Waals surface area contributed by atoms with E-state index < -0.39 is 0 Å². The van der Waals surface area contributed by atoms with Gasteiger partial charge in [0.25, 0.3) is 0 Å². The topological polar surface area (TPSA) is 8.17 Å². The fourth-order valence-electron chi connectivity index (χ4n) is 9.26. The lowest BCUT2D eigenvalue weighted by Crippen LogP contribution is -2.33. The summed E-state index contributed by atoms with van der Waals surface area (Å²) in [5.41, 5.74) is 15.2. The molecule has 0 radical (unpaired) electrons. The summed E-state index contributed by atoms with van der Waals surface area (Å²) in [7, 11) is 0. The van der Waals surface area contributed by atoms with Crippen LogP contribution in [-0.2, 0) is 10.8 Å². The number of benzene rings is 8. The summed E-state index contributed by atoms with van der Waals surface area (Å²) in [6, 6.07) is 67.1. The number of hydrogen-bond acceptors (Lipinski definition) is 1. The third kappa shape index (κ3) is 5.71. The lowest BCUT2D eigenvalue weighted by Gasteiger charge is -2.42. The molecule has 1 aliphatic rings. The Balaban J connectivity index is 1.14. The lowest BCUT2D eigenvalue weighted by atomic mass is 9.63. The van der Waals surface area contributed by atoms with Crippen molar-refractivity contribution < 1.29 is 0 Å². The molecule has 8 aromatic carbocycles. The fraction of sp³-hybridized carbons (Fsp3) is 0.148. The molecule has 0 saturated heterocycles. The molecule has 56 heavy (non-hydrogen) atoms. The van der Waals surface area contributed by atoms with E-state index in [0.29, 0.717) is 0 Å². The molecule has 0 amide bonds. The van der Waals surface area contributed by atoms with Gasteiger partial charge in [-0.05, 0) is 117 Å². The number of fused-ring (bicyclic) bond motifs is 5.